The van der Waals surface area contributed by atoms with Gasteiger partial charge >= 0.3 is 0 Å². The molecule has 2 aliphatic rings. The average Bonchev–Trinajstić information content (AvgIpc) is 2.98. The number of carbonyl (C=O) groups excluding carboxylic acids is 1. The molecular weight excluding hydrogens is 464 g/mol. The molecule has 37 heavy (non-hydrogen) atoms. The van der Waals surface area contributed by atoms with Crippen molar-refractivity contribution in [2.45, 2.75) is 37.6 Å². The lowest BCUT2D eigenvalue weighted by molar-refractivity contribution is -0.139. The molecular formula is C30H36N4O3. The van der Waals surface area contributed by atoms with E-state index in [0.29, 0.717) is 17.6 Å². The van der Waals surface area contributed by atoms with Crippen LogP contribution in [0.3, 0.4) is 0 Å². The van der Waals surface area contributed by atoms with Crippen LogP contribution in [0.5, 0.6) is 11.8 Å². The first-order chi connectivity index (χ1) is 18.2. The third kappa shape index (κ3) is 5.62. The molecule has 194 valence electrons. The average molecular weight is 501 g/mol. The second-order valence-electron chi connectivity index (χ2n) is 9.89. The number of ether oxygens (including phenoxy) is 2. The summed E-state index contributed by atoms with van der Waals surface area (Å²) >= 11 is 0. The van der Waals surface area contributed by atoms with Crippen LogP contribution >= 0.6 is 0 Å². The summed E-state index contributed by atoms with van der Waals surface area (Å²) in [6.07, 6.45) is 3.89. The normalized spacial score (nSPS) is 20.6. The van der Waals surface area contributed by atoms with Gasteiger partial charge in [0.25, 0.3) is 0 Å². The molecule has 0 spiro atoms. The van der Waals surface area contributed by atoms with Crippen LogP contribution in [-0.2, 0) is 4.79 Å². The van der Waals surface area contributed by atoms with Gasteiger partial charge in [-0.3, -0.25) is 9.69 Å². The van der Waals surface area contributed by atoms with Gasteiger partial charge in [-0.25, -0.2) is 0 Å². The maximum absolute atomic E-state index is 13.9. The van der Waals surface area contributed by atoms with E-state index in [1.54, 1.807) is 20.3 Å². The number of aromatic nitrogens is 2. The van der Waals surface area contributed by atoms with Crippen molar-refractivity contribution in [2.75, 3.05) is 40.4 Å². The molecule has 1 aromatic heterocycles. The largest absolute Gasteiger partial charge is 0.481 e. The van der Waals surface area contributed by atoms with Crippen molar-refractivity contribution in [2.24, 2.45) is 5.92 Å². The highest BCUT2D eigenvalue weighted by Crippen LogP contribution is 2.39. The summed E-state index contributed by atoms with van der Waals surface area (Å²) in [4.78, 5) is 27.6. The Kier molecular flexibility index (Phi) is 7.99. The number of piperazine rings is 1. The van der Waals surface area contributed by atoms with Crippen molar-refractivity contribution in [3.8, 4) is 11.8 Å². The summed E-state index contributed by atoms with van der Waals surface area (Å²) in [6.45, 7) is 3.11. The number of nitrogens with zero attached hydrogens (tertiary/aromatic N) is 4. The van der Waals surface area contributed by atoms with Crippen LogP contribution in [0.25, 0.3) is 0 Å². The third-order valence-corrected chi connectivity index (χ3v) is 7.75. The van der Waals surface area contributed by atoms with Crippen LogP contribution in [0.15, 0.2) is 66.7 Å². The van der Waals surface area contributed by atoms with E-state index in [-0.39, 0.29) is 23.8 Å². The van der Waals surface area contributed by atoms with Crippen molar-refractivity contribution < 1.29 is 14.3 Å². The number of benzene rings is 2. The lowest BCUT2D eigenvalue weighted by Crippen LogP contribution is -2.52. The lowest BCUT2D eigenvalue weighted by atomic mass is 9.77. The Balaban J connectivity index is 1.31. The molecule has 1 amide bonds. The van der Waals surface area contributed by atoms with E-state index in [4.69, 9.17) is 9.47 Å². The van der Waals surface area contributed by atoms with Crippen molar-refractivity contribution in [3.63, 3.8) is 0 Å². The van der Waals surface area contributed by atoms with E-state index in [2.05, 4.69) is 80.4 Å². The fourth-order valence-corrected chi connectivity index (χ4v) is 5.85. The molecule has 7 nitrogen and oxygen atoms in total. The van der Waals surface area contributed by atoms with Crippen LogP contribution < -0.4 is 9.47 Å². The number of carbonyl (C=O) groups is 1. The third-order valence-electron chi connectivity index (χ3n) is 7.75. The second kappa shape index (κ2) is 11.7. The summed E-state index contributed by atoms with van der Waals surface area (Å²) in [7, 11) is 3.18. The molecule has 3 aromatic rings. The second-order valence-corrected chi connectivity index (χ2v) is 9.89. The summed E-state index contributed by atoms with van der Waals surface area (Å²) in [5.41, 5.74) is 2.56. The highest BCUT2D eigenvalue weighted by molar-refractivity contribution is 5.80. The first-order valence-corrected chi connectivity index (χ1v) is 13.3. The Morgan fingerprint density at radius 1 is 0.811 bits per heavy atom. The fraction of sp³-hybridized carbons (Fsp3) is 0.433. The maximum atomic E-state index is 13.9. The standard InChI is InChI=1S/C30H36N4O3/c1-36-26-21-27(37-2)32-29(31-26)24-15-9-10-16-25(24)30(35)34-19-17-33(18-20-34)28(22-11-5-3-6-12-22)23-13-7-4-8-14-23/h3-8,11-14,21,24-25,28H,9-10,15-20H2,1-2H3/t24-,25-/m1/s1. The van der Waals surface area contributed by atoms with E-state index < -0.39 is 0 Å². The first kappa shape index (κ1) is 25.2. The fourth-order valence-electron chi connectivity index (χ4n) is 5.85. The van der Waals surface area contributed by atoms with Gasteiger partial charge < -0.3 is 14.4 Å². The minimum atomic E-state index is -0.115. The van der Waals surface area contributed by atoms with Crippen molar-refractivity contribution in [3.05, 3.63) is 83.7 Å². The zero-order valence-corrected chi connectivity index (χ0v) is 21.8. The van der Waals surface area contributed by atoms with Crippen molar-refractivity contribution in [1.29, 1.82) is 0 Å². The van der Waals surface area contributed by atoms with Gasteiger partial charge in [0.1, 0.15) is 5.82 Å². The molecule has 2 heterocycles. The van der Waals surface area contributed by atoms with E-state index >= 15 is 0 Å². The predicted octanol–water partition coefficient (Wildman–Crippen LogP) is 4.70. The van der Waals surface area contributed by atoms with Gasteiger partial charge in [-0.1, -0.05) is 73.5 Å². The molecule has 0 N–H and O–H groups in total. The number of amides is 1. The molecule has 0 radical (unpaired) electrons. The Labute approximate surface area is 219 Å². The minimum absolute atomic E-state index is 0.0235. The summed E-state index contributed by atoms with van der Waals surface area (Å²) in [5.74, 6) is 1.69. The highest BCUT2D eigenvalue weighted by atomic mass is 16.5. The van der Waals surface area contributed by atoms with Gasteiger partial charge in [-0.2, -0.15) is 9.97 Å². The number of hydrogen-bond acceptors (Lipinski definition) is 6. The minimum Gasteiger partial charge on any atom is -0.481 e. The van der Waals surface area contributed by atoms with E-state index in [1.165, 1.54) is 11.1 Å². The quantitative estimate of drug-likeness (QED) is 0.468. The number of hydrogen-bond donors (Lipinski definition) is 0. The van der Waals surface area contributed by atoms with Gasteiger partial charge in [0, 0.05) is 38.0 Å². The van der Waals surface area contributed by atoms with Gasteiger partial charge in [-0.15, -0.1) is 0 Å². The Hall–Kier alpha value is -3.45. The molecule has 2 aromatic carbocycles. The van der Waals surface area contributed by atoms with Crippen molar-refractivity contribution >= 4 is 5.91 Å². The SMILES string of the molecule is COc1cc(OC)nc([C@@H]2CCCC[C@H]2C(=O)N2CCN(C(c3ccccc3)c3ccccc3)CC2)n1. The highest BCUT2D eigenvalue weighted by Gasteiger charge is 2.38. The molecule has 0 bridgehead atoms. The van der Waals surface area contributed by atoms with Gasteiger partial charge in [0.05, 0.1) is 26.3 Å². The van der Waals surface area contributed by atoms with Crippen LogP contribution in [0, 0.1) is 5.92 Å². The summed E-state index contributed by atoms with van der Waals surface area (Å²) in [6, 6.07) is 23.2. The molecule has 2 atom stereocenters. The number of rotatable bonds is 7. The van der Waals surface area contributed by atoms with Crippen LogP contribution in [-0.4, -0.2) is 66.1 Å². The molecule has 1 aliphatic carbocycles. The molecule has 2 fully saturated rings. The zero-order chi connectivity index (χ0) is 25.6. The zero-order valence-electron chi connectivity index (χ0n) is 21.8. The van der Waals surface area contributed by atoms with Crippen molar-refractivity contribution in [1.82, 2.24) is 19.8 Å². The molecule has 7 heteroatoms. The number of methoxy groups -OCH3 is 2. The molecule has 5 rings (SSSR count). The summed E-state index contributed by atoms with van der Waals surface area (Å²) < 4.78 is 10.8. The molecule has 1 aliphatic heterocycles. The smallest absolute Gasteiger partial charge is 0.226 e. The molecule has 1 saturated carbocycles. The molecule has 0 unspecified atom stereocenters. The Morgan fingerprint density at radius 2 is 1.35 bits per heavy atom. The lowest BCUT2D eigenvalue weighted by Gasteiger charge is -2.42. The first-order valence-electron chi connectivity index (χ1n) is 13.3. The Morgan fingerprint density at radius 3 is 1.89 bits per heavy atom. The van der Waals surface area contributed by atoms with Crippen LogP contribution in [0.1, 0.15) is 54.6 Å². The van der Waals surface area contributed by atoms with Crippen LogP contribution in [0.2, 0.25) is 0 Å². The van der Waals surface area contributed by atoms with Crippen LogP contribution in [0.4, 0.5) is 0 Å². The predicted molar refractivity (Wildman–Crippen MR) is 143 cm³/mol. The maximum Gasteiger partial charge on any atom is 0.226 e. The Bertz CT molecular complexity index is 1100. The monoisotopic (exact) mass is 500 g/mol. The van der Waals surface area contributed by atoms with Gasteiger partial charge in [0.2, 0.25) is 17.7 Å². The van der Waals surface area contributed by atoms with E-state index in [0.717, 1.165) is 51.9 Å². The summed E-state index contributed by atoms with van der Waals surface area (Å²) in [5, 5.41) is 0. The van der Waals surface area contributed by atoms with E-state index in [9.17, 15) is 4.79 Å². The topological polar surface area (TPSA) is 67.8 Å². The molecule has 1 saturated heterocycles. The van der Waals surface area contributed by atoms with E-state index in [1.807, 2.05) is 0 Å². The van der Waals surface area contributed by atoms with Gasteiger partial charge in [0.15, 0.2) is 0 Å². The van der Waals surface area contributed by atoms with Gasteiger partial charge in [-0.05, 0) is 24.0 Å².